The summed E-state index contributed by atoms with van der Waals surface area (Å²) in [6.07, 6.45) is 0. The molecule has 6 heteroatoms. The molecule has 1 rings (SSSR count). The SMILES string of the molecule is CCOC(=O)c1cc(OC)c(F)c(F)c1F. The molecule has 16 heavy (non-hydrogen) atoms. The van der Waals surface area contributed by atoms with Crippen LogP contribution in [0.1, 0.15) is 17.3 Å². The van der Waals surface area contributed by atoms with Gasteiger partial charge in [0, 0.05) is 6.07 Å². The molecule has 1 aromatic rings. The topological polar surface area (TPSA) is 35.5 Å². The van der Waals surface area contributed by atoms with Crippen LogP contribution in [0.3, 0.4) is 0 Å². The van der Waals surface area contributed by atoms with Crippen LogP contribution in [-0.4, -0.2) is 19.7 Å². The highest BCUT2D eigenvalue weighted by Gasteiger charge is 2.23. The first-order valence-corrected chi connectivity index (χ1v) is 4.41. The molecule has 0 unspecified atom stereocenters. The van der Waals surface area contributed by atoms with E-state index in [1.165, 1.54) is 6.92 Å². The van der Waals surface area contributed by atoms with Gasteiger partial charge in [-0.1, -0.05) is 0 Å². The Labute approximate surface area is 89.8 Å². The van der Waals surface area contributed by atoms with Gasteiger partial charge in [-0.05, 0) is 6.92 Å². The predicted octanol–water partition coefficient (Wildman–Crippen LogP) is 2.29. The van der Waals surface area contributed by atoms with Gasteiger partial charge in [0.25, 0.3) is 0 Å². The van der Waals surface area contributed by atoms with Crippen LogP contribution in [0.4, 0.5) is 13.2 Å². The van der Waals surface area contributed by atoms with Gasteiger partial charge in [-0.15, -0.1) is 0 Å². The second kappa shape index (κ2) is 4.87. The predicted molar refractivity (Wildman–Crippen MR) is 48.8 cm³/mol. The van der Waals surface area contributed by atoms with Crippen molar-refractivity contribution in [1.29, 1.82) is 0 Å². The average Bonchev–Trinajstić information content (AvgIpc) is 2.27. The monoisotopic (exact) mass is 234 g/mol. The van der Waals surface area contributed by atoms with E-state index in [9.17, 15) is 18.0 Å². The van der Waals surface area contributed by atoms with E-state index in [1.807, 2.05) is 0 Å². The number of esters is 1. The molecule has 0 amide bonds. The number of rotatable bonds is 3. The highest BCUT2D eigenvalue weighted by molar-refractivity contribution is 5.90. The van der Waals surface area contributed by atoms with E-state index >= 15 is 0 Å². The fourth-order valence-corrected chi connectivity index (χ4v) is 1.09. The number of hydrogen-bond acceptors (Lipinski definition) is 3. The number of ether oxygens (including phenoxy) is 2. The summed E-state index contributed by atoms with van der Waals surface area (Å²) in [5.74, 6) is -6.45. The number of methoxy groups -OCH3 is 1. The van der Waals surface area contributed by atoms with Gasteiger partial charge in [0.05, 0.1) is 13.7 Å². The Kier molecular flexibility index (Phi) is 3.76. The third-order valence-corrected chi connectivity index (χ3v) is 1.83. The van der Waals surface area contributed by atoms with Crippen molar-refractivity contribution in [2.45, 2.75) is 6.92 Å². The van der Waals surface area contributed by atoms with Crippen molar-refractivity contribution in [2.24, 2.45) is 0 Å². The lowest BCUT2D eigenvalue weighted by atomic mass is 10.2. The molecular formula is C10H9F3O3. The third-order valence-electron chi connectivity index (χ3n) is 1.83. The normalized spacial score (nSPS) is 10.1. The molecule has 1 aromatic carbocycles. The molecule has 0 N–H and O–H groups in total. The lowest BCUT2D eigenvalue weighted by Gasteiger charge is -2.08. The van der Waals surface area contributed by atoms with E-state index in [4.69, 9.17) is 0 Å². The van der Waals surface area contributed by atoms with Gasteiger partial charge >= 0.3 is 5.97 Å². The molecule has 0 aliphatic rings. The van der Waals surface area contributed by atoms with Crippen LogP contribution in [0.5, 0.6) is 5.75 Å². The Morgan fingerprint density at radius 3 is 2.38 bits per heavy atom. The fourth-order valence-electron chi connectivity index (χ4n) is 1.09. The second-order valence-electron chi connectivity index (χ2n) is 2.79. The first-order chi connectivity index (χ1) is 7.52. The Morgan fingerprint density at radius 1 is 1.25 bits per heavy atom. The van der Waals surface area contributed by atoms with Crippen LogP contribution in [0, 0.1) is 17.5 Å². The van der Waals surface area contributed by atoms with Crippen molar-refractivity contribution in [2.75, 3.05) is 13.7 Å². The van der Waals surface area contributed by atoms with Gasteiger partial charge < -0.3 is 9.47 Å². The fraction of sp³-hybridized carbons (Fsp3) is 0.300. The van der Waals surface area contributed by atoms with E-state index in [-0.39, 0.29) is 6.61 Å². The highest BCUT2D eigenvalue weighted by atomic mass is 19.2. The Morgan fingerprint density at radius 2 is 1.88 bits per heavy atom. The summed E-state index contributed by atoms with van der Waals surface area (Å²) in [5, 5.41) is 0. The van der Waals surface area contributed by atoms with Crippen molar-refractivity contribution < 1.29 is 27.4 Å². The number of carbonyl (C=O) groups is 1. The molecule has 0 radical (unpaired) electrons. The molecule has 0 heterocycles. The Bertz CT molecular complexity index is 418. The molecule has 3 nitrogen and oxygen atoms in total. The maximum absolute atomic E-state index is 13.2. The Hall–Kier alpha value is -1.72. The Balaban J connectivity index is 3.29. The van der Waals surface area contributed by atoms with Crippen LogP contribution >= 0.6 is 0 Å². The quantitative estimate of drug-likeness (QED) is 0.594. The zero-order valence-corrected chi connectivity index (χ0v) is 8.64. The minimum absolute atomic E-state index is 0.000412. The third kappa shape index (κ3) is 2.10. The summed E-state index contributed by atoms with van der Waals surface area (Å²) in [5.41, 5.74) is -0.697. The van der Waals surface area contributed by atoms with Gasteiger partial charge in [-0.2, -0.15) is 4.39 Å². The van der Waals surface area contributed by atoms with Gasteiger partial charge in [-0.3, -0.25) is 0 Å². The smallest absolute Gasteiger partial charge is 0.341 e. The van der Waals surface area contributed by atoms with Gasteiger partial charge in [-0.25, -0.2) is 13.6 Å². The molecule has 88 valence electrons. The number of carbonyl (C=O) groups excluding carboxylic acids is 1. The summed E-state index contributed by atoms with van der Waals surface area (Å²) in [7, 11) is 1.07. The van der Waals surface area contributed by atoms with Gasteiger partial charge in [0.2, 0.25) is 5.82 Å². The van der Waals surface area contributed by atoms with E-state index < -0.39 is 34.7 Å². The van der Waals surface area contributed by atoms with Crippen molar-refractivity contribution in [3.63, 3.8) is 0 Å². The van der Waals surface area contributed by atoms with Crippen LogP contribution in [-0.2, 0) is 4.74 Å². The number of benzene rings is 1. The van der Waals surface area contributed by atoms with Crippen LogP contribution in [0.25, 0.3) is 0 Å². The number of hydrogen-bond donors (Lipinski definition) is 0. The summed E-state index contributed by atoms with van der Waals surface area (Å²) in [4.78, 5) is 11.2. The van der Waals surface area contributed by atoms with Crippen LogP contribution in [0.15, 0.2) is 6.07 Å². The first kappa shape index (κ1) is 12.4. The summed E-state index contributed by atoms with van der Waals surface area (Å²) in [6.45, 7) is 1.51. The lowest BCUT2D eigenvalue weighted by Crippen LogP contribution is -2.10. The molecule has 0 fully saturated rings. The van der Waals surface area contributed by atoms with Crippen molar-refractivity contribution >= 4 is 5.97 Å². The molecule has 0 aromatic heterocycles. The second-order valence-corrected chi connectivity index (χ2v) is 2.79. The average molecular weight is 234 g/mol. The van der Waals surface area contributed by atoms with Crippen LogP contribution < -0.4 is 4.74 Å². The van der Waals surface area contributed by atoms with Crippen molar-refractivity contribution in [1.82, 2.24) is 0 Å². The van der Waals surface area contributed by atoms with Crippen molar-refractivity contribution in [3.05, 3.63) is 29.1 Å². The summed E-state index contributed by atoms with van der Waals surface area (Å²) < 4.78 is 48.1. The molecule has 0 spiro atoms. The maximum Gasteiger partial charge on any atom is 0.341 e. The molecule has 0 aliphatic heterocycles. The lowest BCUT2D eigenvalue weighted by molar-refractivity contribution is 0.0519. The molecule has 0 atom stereocenters. The largest absolute Gasteiger partial charge is 0.494 e. The maximum atomic E-state index is 13.2. The minimum Gasteiger partial charge on any atom is -0.494 e. The summed E-state index contributed by atoms with van der Waals surface area (Å²) in [6, 6.07) is 0.756. The number of halogens is 3. The molecule has 0 bridgehead atoms. The summed E-state index contributed by atoms with van der Waals surface area (Å²) >= 11 is 0. The highest BCUT2D eigenvalue weighted by Crippen LogP contribution is 2.25. The van der Waals surface area contributed by atoms with E-state index in [0.29, 0.717) is 0 Å². The van der Waals surface area contributed by atoms with E-state index in [0.717, 1.165) is 13.2 Å². The van der Waals surface area contributed by atoms with Gasteiger partial charge in [0.1, 0.15) is 5.56 Å². The van der Waals surface area contributed by atoms with Crippen molar-refractivity contribution in [3.8, 4) is 5.75 Å². The van der Waals surface area contributed by atoms with Crippen LogP contribution in [0.2, 0.25) is 0 Å². The zero-order valence-electron chi connectivity index (χ0n) is 8.64. The molecular weight excluding hydrogens is 225 g/mol. The molecule has 0 saturated carbocycles. The minimum atomic E-state index is -1.76. The molecule has 0 aliphatic carbocycles. The van der Waals surface area contributed by atoms with E-state index in [2.05, 4.69) is 9.47 Å². The van der Waals surface area contributed by atoms with Gasteiger partial charge in [0.15, 0.2) is 17.4 Å². The first-order valence-electron chi connectivity index (χ1n) is 4.41. The van der Waals surface area contributed by atoms with E-state index in [1.54, 1.807) is 0 Å². The zero-order chi connectivity index (χ0) is 12.3. The standard InChI is InChI=1S/C10H9F3O3/c1-3-16-10(14)5-4-6(15-2)8(12)9(13)7(5)11/h4H,3H2,1-2H3. The molecule has 0 saturated heterocycles.